The van der Waals surface area contributed by atoms with Crippen molar-refractivity contribution in [3.63, 3.8) is 0 Å². The molecule has 0 radical (unpaired) electrons. The van der Waals surface area contributed by atoms with Crippen LogP contribution in [0.4, 0.5) is 5.69 Å². The number of fused-ring (bicyclic) bond motifs is 1. The maximum Gasteiger partial charge on any atom is 0.324 e. The highest BCUT2D eigenvalue weighted by molar-refractivity contribution is 8.01. The van der Waals surface area contributed by atoms with E-state index in [0.717, 1.165) is 11.1 Å². The monoisotopic (exact) mass is 640 g/mol. The first-order valence-electron chi connectivity index (χ1n) is 13.5. The second-order valence-electron chi connectivity index (χ2n) is 10.5. The number of anilines is 1. The number of hydrogen-bond acceptors (Lipinski definition) is 6. The zero-order valence-electron chi connectivity index (χ0n) is 23.2. The average molecular weight is 642 g/mol. The lowest BCUT2D eigenvalue weighted by molar-refractivity contribution is -0.147. The molecule has 5 rings (SSSR count). The van der Waals surface area contributed by atoms with Crippen molar-refractivity contribution in [1.29, 1.82) is 0 Å². The lowest BCUT2D eigenvalue weighted by Gasteiger charge is -2.53. The fraction of sp³-hybridized carbons (Fsp3) is 0.281. The summed E-state index contributed by atoms with van der Waals surface area (Å²) in [6.07, 6.45) is -0.00661. The van der Waals surface area contributed by atoms with Crippen molar-refractivity contribution in [2.45, 2.75) is 49.6 Å². The highest BCUT2D eigenvalue weighted by atomic mass is 35.5. The summed E-state index contributed by atoms with van der Waals surface area (Å²) in [5.41, 5.74) is 2.59. The number of benzene rings is 3. The summed E-state index contributed by atoms with van der Waals surface area (Å²) < 4.78 is 6.23. The maximum absolute atomic E-state index is 14.1. The molecule has 42 heavy (non-hydrogen) atoms. The first-order chi connectivity index (χ1) is 20.1. The van der Waals surface area contributed by atoms with Gasteiger partial charge in [0.2, 0.25) is 0 Å². The summed E-state index contributed by atoms with van der Waals surface area (Å²) >= 11 is 19.6. The SMILES string of the molecule is CC(=S)N(c1cc(Cl)ccc1Cl)C1C(=O)N2C=C(C(O)C(C)C)C(C(=O)OC(c3ccccc3)c3ccccc3)S[C@H]12. The number of aliphatic hydroxyl groups excluding tert-OH is 1. The number of amides is 1. The highest BCUT2D eigenvalue weighted by Gasteiger charge is 2.56. The molecule has 2 aliphatic heterocycles. The number of halogens is 2. The zero-order valence-corrected chi connectivity index (χ0v) is 26.3. The largest absolute Gasteiger partial charge is 0.451 e. The number of β-lactam (4-membered cyclic amide) rings is 1. The van der Waals surface area contributed by atoms with Gasteiger partial charge in [0.1, 0.15) is 16.7 Å². The summed E-state index contributed by atoms with van der Waals surface area (Å²) in [5, 5.41) is 10.7. The van der Waals surface area contributed by atoms with E-state index in [9.17, 15) is 14.7 Å². The van der Waals surface area contributed by atoms with Gasteiger partial charge in [-0.2, -0.15) is 0 Å². The van der Waals surface area contributed by atoms with Gasteiger partial charge in [-0.25, -0.2) is 0 Å². The summed E-state index contributed by atoms with van der Waals surface area (Å²) in [7, 11) is 0. The Morgan fingerprint density at radius 2 is 1.62 bits per heavy atom. The minimum Gasteiger partial charge on any atom is -0.451 e. The Morgan fingerprint density at radius 3 is 2.17 bits per heavy atom. The van der Waals surface area contributed by atoms with Crippen LogP contribution in [0.2, 0.25) is 10.0 Å². The van der Waals surface area contributed by atoms with Crippen LogP contribution in [0.5, 0.6) is 0 Å². The molecule has 218 valence electrons. The van der Waals surface area contributed by atoms with Crippen molar-refractivity contribution in [2.24, 2.45) is 5.92 Å². The molecule has 4 atom stereocenters. The highest BCUT2D eigenvalue weighted by Crippen LogP contribution is 2.47. The van der Waals surface area contributed by atoms with Crippen LogP contribution >= 0.6 is 47.2 Å². The number of aliphatic hydroxyl groups is 1. The van der Waals surface area contributed by atoms with Gasteiger partial charge in [0.25, 0.3) is 5.91 Å². The molecule has 1 amide bonds. The lowest BCUT2D eigenvalue weighted by Crippen LogP contribution is -2.70. The number of ether oxygens (including phenoxy) is 1. The fourth-order valence-corrected chi connectivity index (χ4v) is 7.26. The van der Waals surface area contributed by atoms with Gasteiger partial charge in [-0.1, -0.05) is 110 Å². The van der Waals surface area contributed by atoms with Crippen molar-refractivity contribution in [1.82, 2.24) is 4.90 Å². The van der Waals surface area contributed by atoms with Gasteiger partial charge in [-0.05, 0) is 47.7 Å². The van der Waals surface area contributed by atoms with Gasteiger partial charge in [0.05, 0.1) is 21.8 Å². The average Bonchev–Trinajstić information content (AvgIpc) is 2.99. The van der Waals surface area contributed by atoms with E-state index < -0.39 is 34.8 Å². The van der Waals surface area contributed by atoms with E-state index in [0.29, 0.717) is 26.3 Å². The Hall–Kier alpha value is -2.88. The second-order valence-corrected chi connectivity index (χ2v) is 13.2. The van der Waals surface area contributed by atoms with E-state index >= 15 is 0 Å². The van der Waals surface area contributed by atoms with Crippen LogP contribution < -0.4 is 4.90 Å². The fourth-order valence-electron chi connectivity index (χ4n) is 5.19. The van der Waals surface area contributed by atoms with Crippen LogP contribution in [-0.4, -0.2) is 49.6 Å². The molecule has 0 bridgehead atoms. The molecule has 0 aromatic heterocycles. The molecule has 0 aliphatic carbocycles. The lowest BCUT2D eigenvalue weighted by atomic mass is 9.94. The number of esters is 1. The second kappa shape index (κ2) is 12.8. The molecule has 0 saturated carbocycles. The molecule has 1 N–H and O–H groups in total. The Kier molecular flexibility index (Phi) is 9.30. The van der Waals surface area contributed by atoms with Crippen molar-refractivity contribution in [3.8, 4) is 0 Å². The van der Waals surface area contributed by atoms with Crippen LogP contribution in [0.3, 0.4) is 0 Å². The summed E-state index contributed by atoms with van der Waals surface area (Å²) in [6, 6.07) is 23.3. The van der Waals surface area contributed by atoms with E-state index in [2.05, 4.69) is 0 Å². The van der Waals surface area contributed by atoms with E-state index in [4.69, 9.17) is 40.2 Å². The predicted molar refractivity (Wildman–Crippen MR) is 173 cm³/mol. The molecule has 0 spiro atoms. The molecular formula is C32H30Cl2N2O4S2. The first-order valence-corrected chi connectivity index (χ1v) is 15.6. The molecule has 2 heterocycles. The molecule has 1 fully saturated rings. The number of thioether (sulfide) groups is 1. The topological polar surface area (TPSA) is 70.1 Å². The third-order valence-corrected chi connectivity index (χ3v) is 9.58. The summed E-state index contributed by atoms with van der Waals surface area (Å²) in [4.78, 5) is 31.3. The number of carbonyl (C=O) groups excluding carboxylic acids is 2. The third-order valence-electron chi connectivity index (χ3n) is 7.33. The Balaban J connectivity index is 1.50. The molecule has 6 nitrogen and oxygen atoms in total. The van der Waals surface area contributed by atoms with Gasteiger partial charge < -0.3 is 19.6 Å². The zero-order chi connectivity index (χ0) is 30.1. The number of nitrogens with zero attached hydrogens (tertiary/aromatic N) is 2. The van der Waals surface area contributed by atoms with Crippen LogP contribution in [0, 0.1) is 5.92 Å². The van der Waals surface area contributed by atoms with Crippen molar-refractivity contribution >= 4 is 69.7 Å². The Bertz CT molecular complexity index is 1480. The molecule has 3 aromatic rings. The quantitative estimate of drug-likeness (QED) is 0.161. The van der Waals surface area contributed by atoms with Gasteiger partial charge in [-0.15, -0.1) is 11.8 Å². The first kappa shape index (κ1) is 30.6. The Labute approximate surface area is 265 Å². The van der Waals surface area contributed by atoms with Crippen LogP contribution in [0.25, 0.3) is 0 Å². The number of rotatable bonds is 8. The molecule has 3 aromatic carbocycles. The van der Waals surface area contributed by atoms with Gasteiger partial charge >= 0.3 is 5.97 Å². The van der Waals surface area contributed by atoms with E-state index in [1.807, 2.05) is 74.5 Å². The van der Waals surface area contributed by atoms with Crippen LogP contribution in [0.15, 0.2) is 90.6 Å². The third kappa shape index (κ3) is 5.96. The predicted octanol–water partition coefficient (Wildman–Crippen LogP) is 7.03. The van der Waals surface area contributed by atoms with E-state index in [-0.39, 0.29) is 11.8 Å². The van der Waals surface area contributed by atoms with Crippen molar-refractivity contribution in [3.05, 3.63) is 112 Å². The normalized spacial score (nSPS) is 20.5. The Morgan fingerprint density at radius 1 is 1.02 bits per heavy atom. The summed E-state index contributed by atoms with van der Waals surface area (Å²) in [5.74, 6) is -0.924. The van der Waals surface area contributed by atoms with E-state index in [1.54, 1.807) is 41.1 Å². The molecule has 10 heteroatoms. The van der Waals surface area contributed by atoms with Crippen LogP contribution in [0.1, 0.15) is 38.0 Å². The van der Waals surface area contributed by atoms with Gasteiger partial charge in [0.15, 0.2) is 6.10 Å². The van der Waals surface area contributed by atoms with Crippen LogP contribution in [-0.2, 0) is 14.3 Å². The van der Waals surface area contributed by atoms with Crippen molar-refractivity contribution < 1.29 is 19.4 Å². The summed E-state index contributed by atoms with van der Waals surface area (Å²) in [6.45, 7) is 5.44. The standard InChI is InChI=1S/C32H30Cl2N2O4S2/c1-18(2)27(37)23-17-35-30(38)26(36(19(3)41)25-16-22(33)14-15-24(25)34)31(35)42-29(23)32(39)40-28(20-10-6-4-7-11-20)21-12-8-5-9-13-21/h4-18,26-29,31,37H,1-3H3/t26?,27?,29?,31-/m1/s1. The van der Waals surface area contributed by atoms with E-state index in [1.165, 1.54) is 11.8 Å². The minimum absolute atomic E-state index is 0.195. The van der Waals surface area contributed by atoms with Gasteiger partial charge in [-0.3, -0.25) is 9.59 Å². The molecule has 1 saturated heterocycles. The number of carbonyl (C=O) groups is 2. The van der Waals surface area contributed by atoms with Crippen molar-refractivity contribution in [2.75, 3.05) is 4.90 Å². The molecular weight excluding hydrogens is 611 g/mol. The number of hydrogen-bond donors (Lipinski definition) is 1. The maximum atomic E-state index is 14.1. The number of thiocarbonyl (C=S) groups is 1. The molecule has 2 aliphatic rings. The van der Waals surface area contributed by atoms with Gasteiger partial charge in [0, 0.05) is 11.2 Å². The molecule has 3 unspecified atom stereocenters. The smallest absolute Gasteiger partial charge is 0.324 e. The minimum atomic E-state index is -0.958.